The van der Waals surface area contributed by atoms with E-state index in [-0.39, 0.29) is 29.8 Å². The molecule has 2 N–H and O–H groups in total. The fraction of sp³-hybridized carbons (Fsp3) is 0.500. The van der Waals surface area contributed by atoms with Gasteiger partial charge in [0.2, 0.25) is 0 Å². The van der Waals surface area contributed by atoms with Gasteiger partial charge >= 0.3 is 0 Å². The van der Waals surface area contributed by atoms with Crippen molar-refractivity contribution >= 4 is 29.9 Å². The monoisotopic (exact) mass is 487 g/mol. The average molecular weight is 487 g/mol. The van der Waals surface area contributed by atoms with Crippen molar-refractivity contribution in [2.24, 2.45) is 10.9 Å². The minimum absolute atomic E-state index is 0. The van der Waals surface area contributed by atoms with Crippen LogP contribution in [0.1, 0.15) is 36.4 Å². The Bertz CT molecular complexity index is 757. The molecule has 27 heavy (non-hydrogen) atoms. The van der Waals surface area contributed by atoms with Crippen molar-refractivity contribution in [1.29, 1.82) is 0 Å². The van der Waals surface area contributed by atoms with Crippen molar-refractivity contribution in [2.75, 3.05) is 13.1 Å². The normalized spacial score (nSPS) is 12.4. The van der Waals surface area contributed by atoms with E-state index in [2.05, 4.69) is 40.6 Å². The topological polar surface area (TPSA) is 54.2 Å². The van der Waals surface area contributed by atoms with Crippen molar-refractivity contribution in [2.45, 2.75) is 47.7 Å². The Balaban J connectivity index is 0.00000364. The molecule has 2 rings (SSSR count). The van der Waals surface area contributed by atoms with Gasteiger partial charge in [0.25, 0.3) is 0 Å². The molecule has 2 aromatic rings. The maximum atomic E-state index is 13.7. The second-order valence-corrected chi connectivity index (χ2v) is 6.87. The van der Waals surface area contributed by atoms with E-state index in [1.54, 1.807) is 19.1 Å². The lowest BCUT2D eigenvalue weighted by Crippen LogP contribution is -2.40. The quantitative estimate of drug-likeness (QED) is 0.353. The standard InChI is InChI=1S/C20H30FN5.HI/c1-6-22-20(24-12-18-8-7-15(3)19(21)10-18)23-11-14(2)13-26-17(5)9-16(4)25-26;/h7-10,14H,6,11-13H2,1-5H3,(H2,22,23,24);1H. The van der Waals surface area contributed by atoms with E-state index in [4.69, 9.17) is 0 Å². The highest BCUT2D eigenvalue weighted by Gasteiger charge is 2.08. The first-order valence-corrected chi connectivity index (χ1v) is 9.17. The van der Waals surface area contributed by atoms with Crippen LogP contribution in [0.5, 0.6) is 0 Å². The van der Waals surface area contributed by atoms with Crippen molar-refractivity contribution in [1.82, 2.24) is 20.4 Å². The predicted octanol–water partition coefficient (Wildman–Crippen LogP) is 3.96. The highest BCUT2D eigenvalue weighted by Crippen LogP contribution is 2.10. The molecule has 0 aliphatic rings. The second kappa shape index (κ2) is 11.3. The number of aromatic nitrogens is 2. The van der Waals surface area contributed by atoms with E-state index >= 15 is 0 Å². The van der Waals surface area contributed by atoms with Crippen molar-refractivity contribution in [3.05, 3.63) is 52.6 Å². The number of hydrogen-bond acceptors (Lipinski definition) is 2. The molecule has 0 spiro atoms. The van der Waals surface area contributed by atoms with E-state index in [9.17, 15) is 4.39 Å². The minimum Gasteiger partial charge on any atom is -0.357 e. The summed E-state index contributed by atoms with van der Waals surface area (Å²) in [7, 11) is 0. The Hall–Kier alpha value is -1.64. The summed E-state index contributed by atoms with van der Waals surface area (Å²) in [5.74, 6) is 0.955. The molecule has 0 aliphatic heterocycles. The molecule has 0 saturated heterocycles. The number of benzene rings is 1. The largest absolute Gasteiger partial charge is 0.357 e. The van der Waals surface area contributed by atoms with Gasteiger partial charge in [0.15, 0.2) is 5.96 Å². The Labute approximate surface area is 178 Å². The molecule has 1 atom stereocenters. The van der Waals surface area contributed by atoms with E-state index in [0.29, 0.717) is 18.0 Å². The van der Waals surface area contributed by atoms with Crippen molar-refractivity contribution in [3.63, 3.8) is 0 Å². The van der Waals surface area contributed by atoms with E-state index < -0.39 is 0 Å². The summed E-state index contributed by atoms with van der Waals surface area (Å²) in [6, 6.07) is 7.34. The number of halogens is 2. The van der Waals surface area contributed by atoms with Gasteiger partial charge in [0.05, 0.1) is 12.2 Å². The number of aliphatic imine (C=N–C) groups is 1. The lowest BCUT2D eigenvalue weighted by molar-refractivity contribution is 0.436. The number of nitrogens with one attached hydrogen (secondary N) is 2. The van der Waals surface area contributed by atoms with E-state index in [0.717, 1.165) is 36.9 Å². The number of hydrogen-bond donors (Lipinski definition) is 2. The van der Waals surface area contributed by atoms with Crippen LogP contribution in [0.2, 0.25) is 0 Å². The zero-order chi connectivity index (χ0) is 19.1. The number of aryl methyl sites for hydroxylation is 3. The molecule has 0 radical (unpaired) electrons. The van der Waals surface area contributed by atoms with Crippen molar-refractivity contribution < 1.29 is 4.39 Å². The average Bonchev–Trinajstić information content (AvgIpc) is 2.90. The maximum absolute atomic E-state index is 13.7. The summed E-state index contributed by atoms with van der Waals surface area (Å²) in [5.41, 5.74) is 3.74. The second-order valence-electron chi connectivity index (χ2n) is 6.87. The van der Waals surface area contributed by atoms with Crippen LogP contribution in [-0.2, 0) is 13.1 Å². The summed E-state index contributed by atoms with van der Waals surface area (Å²) in [4.78, 5) is 4.56. The van der Waals surface area contributed by atoms with Gasteiger partial charge in [0.1, 0.15) is 5.82 Å². The molecule has 1 unspecified atom stereocenters. The van der Waals surface area contributed by atoms with Crippen LogP contribution in [0.3, 0.4) is 0 Å². The summed E-state index contributed by atoms with van der Waals surface area (Å²) in [6.45, 7) is 12.9. The first kappa shape index (κ1) is 23.4. The molecule has 0 bridgehead atoms. The van der Waals surface area contributed by atoms with Gasteiger partial charge in [-0.15, -0.1) is 24.0 Å². The van der Waals surface area contributed by atoms with Crippen LogP contribution in [0.15, 0.2) is 29.3 Å². The van der Waals surface area contributed by atoms with Crippen LogP contribution in [-0.4, -0.2) is 28.8 Å². The third kappa shape index (κ3) is 7.48. The molecule has 0 fully saturated rings. The molecule has 5 nitrogen and oxygen atoms in total. The van der Waals surface area contributed by atoms with Crippen molar-refractivity contribution in [3.8, 4) is 0 Å². The van der Waals surface area contributed by atoms with Gasteiger partial charge in [-0.1, -0.05) is 19.1 Å². The van der Waals surface area contributed by atoms with Crippen LogP contribution < -0.4 is 10.6 Å². The Morgan fingerprint density at radius 1 is 1.22 bits per heavy atom. The molecule has 0 amide bonds. The lowest BCUT2D eigenvalue weighted by atomic mass is 10.1. The fourth-order valence-corrected chi connectivity index (χ4v) is 2.74. The zero-order valence-corrected chi connectivity index (χ0v) is 19.2. The van der Waals surface area contributed by atoms with Crippen LogP contribution in [0.4, 0.5) is 4.39 Å². The van der Waals surface area contributed by atoms with Crippen LogP contribution in [0, 0.1) is 32.5 Å². The molecule has 7 heteroatoms. The SMILES string of the molecule is CCNC(=NCc1ccc(C)c(F)c1)NCC(C)Cn1nc(C)cc1C.I. The molecule has 150 valence electrons. The Morgan fingerprint density at radius 2 is 1.96 bits per heavy atom. The van der Waals surface area contributed by atoms with Crippen LogP contribution >= 0.6 is 24.0 Å². The van der Waals surface area contributed by atoms with E-state index in [1.807, 2.05) is 24.6 Å². The Morgan fingerprint density at radius 3 is 2.56 bits per heavy atom. The number of rotatable bonds is 7. The zero-order valence-electron chi connectivity index (χ0n) is 16.8. The maximum Gasteiger partial charge on any atom is 0.191 e. The smallest absolute Gasteiger partial charge is 0.191 e. The molecule has 1 aromatic carbocycles. The number of guanidine groups is 1. The highest BCUT2D eigenvalue weighted by atomic mass is 127. The first-order valence-electron chi connectivity index (χ1n) is 9.17. The third-order valence-electron chi connectivity index (χ3n) is 4.21. The molecule has 1 heterocycles. The minimum atomic E-state index is -0.186. The van der Waals surface area contributed by atoms with Gasteiger partial charge in [-0.2, -0.15) is 5.10 Å². The third-order valence-corrected chi connectivity index (χ3v) is 4.21. The van der Waals surface area contributed by atoms with Gasteiger partial charge < -0.3 is 10.6 Å². The van der Waals surface area contributed by atoms with E-state index in [1.165, 1.54) is 5.69 Å². The van der Waals surface area contributed by atoms with Gasteiger partial charge in [-0.3, -0.25) is 4.68 Å². The van der Waals surface area contributed by atoms with Gasteiger partial charge in [0, 0.05) is 25.3 Å². The summed E-state index contributed by atoms with van der Waals surface area (Å²) in [5, 5.41) is 11.1. The molecular formula is C20H31FIN5. The molecular weight excluding hydrogens is 456 g/mol. The first-order chi connectivity index (χ1) is 12.4. The summed E-state index contributed by atoms with van der Waals surface area (Å²) in [6.07, 6.45) is 0. The number of nitrogens with zero attached hydrogens (tertiary/aromatic N) is 3. The summed E-state index contributed by atoms with van der Waals surface area (Å²) < 4.78 is 15.7. The molecule has 0 aliphatic carbocycles. The highest BCUT2D eigenvalue weighted by molar-refractivity contribution is 14.0. The fourth-order valence-electron chi connectivity index (χ4n) is 2.74. The molecule has 0 saturated carbocycles. The van der Waals surface area contributed by atoms with Gasteiger partial charge in [-0.05, 0) is 56.9 Å². The van der Waals surface area contributed by atoms with Gasteiger partial charge in [-0.25, -0.2) is 9.38 Å². The predicted molar refractivity (Wildman–Crippen MR) is 120 cm³/mol. The van der Waals surface area contributed by atoms with Crippen LogP contribution in [0.25, 0.3) is 0 Å². The molecule has 1 aromatic heterocycles. The Kier molecular flexibility index (Phi) is 9.76. The summed E-state index contributed by atoms with van der Waals surface area (Å²) >= 11 is 0. The lowest BCUT2D eigenvalue weighted by Gasteiger charge is -2.16.